The van der Waals surface area contributed by atoms with Crippen molar-refractivity contribution in [3.63, 3.8) is 0 Å². The van der Waals surface area contributed by atoms with E-state index < -0.39 is 0 Å². The Hall–Kier alpha value is -0.980. The smallest absolute Gasteiger partial charge is 0.0316 e. The molecule has 1 unspecified atom stereocenters. The normalized spacial score (nSPS) is 22.1. The highest BCUT2D eigenvalue weighted by Crippen LogP contribution is 2.25. The van der Waals surface area contributed by atoms with E-state index in [1.807, 2.05) is 6.07 Å². The monoisotopic (exact) mass is 175 g/mol. The van der Waals surface area contributed by atoms with E-state index in [0.717, 1.165) is 11.6 Å². The zero-order chi connectivity index (χ0) is 9.26. The topological polar surface area (TPSA) is 26.0 Å². The predicted molar refractivity (Wildman–Crippen MR) is 56.7 cm³/mol. The number of benzene rings is 1. The molecule has 0 fully saturated rings. The summed E-state index contributed by atoms with van der Waals surface area (Å²) in [5, 5.41) is 0. The van der Waals surface area contributed by atoms with Crippen LogP contribution in [-0.2, 0) is 12.8 Å². The van der Waals surface area contributed by atoms with Crippen LogP contribution in [0.25, 0.3) is 0 Å². The van der Waals surface area contributed by atoms with Gasteiger partial charge in [-0.2, -0.15) is 0 Å². The maximum atomic E-state index is 5.77. The van der Waals surface area contributed by atoms with Crippen LogP contribution in [-0.4, -0.2) is 0 Å². The van der Waals surface area contributed by atoms with Crippen LogP contribution in [0.15, 0.2) is 18.2 Å². The molecule has 1 aromatic carbocycles. The minimum absolute atomic E-state index is 0.869. The van der Waals surface area contributed by atoms with E-state index in [2.05, 4.69) is 19.1 Å². The van der Waals surface area contributed by atoms with Crippen molar-refractivity contribution in [2.24, 2.45) is 5.92 Å². The van der Waals surface area contributed by atoms with Gasteiger partial charge in [0.2, 0.25) is 0 Å². The lowest BCUT2D eigenvalue weighted by atomic mass is 10.0. The van der Waals surface area contributed by atoms with E-state index in [9.17, 15) is 0 Å². The molecule has 0 bridgehead atoms. The van der Waals surface area contributed by atoms with Crippen LogP contribution < -0.4 is 5.73 Å². The zero-order valence-electron chi connectivity index (χ0n) is 8.22. The Balaban J connectivity index is 2.30. The van der Waals surface area contributed by atoms with Gasteiger partial charge in [-0.15, -0.1) is 0 Å². The minimum Gasteiger partial charge on any atom is -0.399 e. The standard InChI is InChI=1S/C12H17N/c1-9-2-4-10-6-7-12(13)8-11(10)5-3-9/h6-9H,2-5,13H2,1H3. The Labute approximate surface area is 80.0 Å². The fourth-order valence-corrected chi connectivity index (χ4v) is 2.07. The highest BCUT2D eigenvalue weighted by Gasteiger charge is 2.12. The van der Waals surface area contributed by atoms with Gasteiger partial charge in [-0.3, -0.25) is 0 Å². The number of hydrogen-bond donors (Lipinski definition) is 1. The molecule has 0 aromatic heterocycles. The first-order valence-corrected chi connectivity index (χ1v) is 5.13. The van der Waals surface area contributed by atoms with Crippen LogP contribution in [0.3, 0.4) is 0 Å². The number of aryl methyl sites for hydroxylation is 2. The van der Waals surface area contributed by atoms with E-state index in [-0.39, 0.29) is 0 Å². The summed E-state index contributed by atoms with van der Waals surface area (Å²) >= 11 is 0. The van der Waals surface area contributed by atoms with Crippen molar-refractivity contribution in [1.82, 2.24) is 0 Å². The Kier molecular flexibility index (Phi) is 2.26. The van der Waals surface area contributed by atoms with Gasteiger partial charge in [0.15, 0.2) is 0 Å². The molecule has 2 rings (SSSR count). The molecule has 1 nitrogen and oxygen atoms in total. The lowest BCUT2D eigenvalue weighted by Gasteiger charge is -2.05. The van der Waals surface area contributed by atoms with Gasteiger partial charge in [0.25, 0.3) is 0 Å². The molecule has 13 heavy (non-hydrogen) atoms. The number of fused-ring (bicyclic) bond motifs is 1. The van der Waals surface area contributed by atoms with Crippen molar-refractivity contribution in [2.75, 3.05) is 5.73 Å². The van der Waals surface area contributed by atoms with Crippen LogP contribution >= 0.6 is 0 Å². The van der Waals surface area contributed by atoms with Gasteiger partial charge >= 0.3 is 0 Å². The Morgan fingerprint density at radius 3 is 2.62 bits per heavy atom. The first-order valence-electron chi connectivity index (χ1n) is 5.13. The largest absolute Gasteiger partial charge is 0.399 e. The fraction of sp³-hybridized carbons (Fsp3) is 0.500. The second-order valence-corrected chi connectivity index (χ2v) is 4.21. The van der Waals surface area contributed by atoms with Crippen LogP contribution in [0, 0.1) is 5.92 Å². The molecule has 0 amide bonds. The van der Waals surface area contributed by atoms with Crippen LogP contribution in [0.2, 0.25) is 0 Å². The second kappa shape index (κ2) is 3.41. The van der Waals surface area contributed by atoms with Gasteiger partial charge in [0, 0.05) is 5.69 Å². The molecular weight excluding hydrogens is 158 g/mol. The Morgan fingerprint density at radius 2 is 1.85 bits per heavy atom. The first-order chi connectivity index (χ1) is 6.25. The fourth-order valence-electron chi connectivity index (χ4n) is 2.07. The molecular formula is C12H17N. The Morgan fingerprint density at radius 1 is 1.15 bits per heavy atom. The quantitative estimate of drug-likeness (QED) is 0.476. The highest BCUT2D eigenvalue weighted by molar-refractivity contribution is 5.45. The van der Waals surface area contributed by atoms with E-state index in [4.69, 9.17) is 5.73 Å². The lowest BCUT2D eigenvalue weighted by Crippen LogP contribution is -1.93. The molecule has 1 aromatic rings. The molecule has 1 aliphatic rings. The van der Waals surface area contributed by atoms with Gasteiger partial charge in [-0.05, 0) is 54.9 Å². The zero-order valence-corrected chi connectivity index (χ0v) is 8.22. The molecule has 0 radical (unpaired) electrons. The maximum Gasteiger partial charge on any atom is 0.0316 e. The van der Waals surface area contributed by atoms with Gasteiger partial charge in [-0.1, -0.05) is 13.0 Å². The van der Waals surface area contributed by atoms with Crippen molar-refractivity contribution in [1.29, 1.82) is 0 Å². The molecule has 0 saturated carbocycles. The van der Waals surface area contributed by atoms with E-state index >= 15 is 0 Å². The number of rotatable bonds is 0. The molecule has 0 spiro atoms. The third-order valence-electron chi connectivity index (χ3n) is 3.04. The summed E-state index contributed by atoms with van der Waals surface area (Å²) in [7, 11) is 0. The van der Waals surface area contributed by atoms with Gasteiger partial charge in [0.1, 0.15) is 0 Å². The molecule has 1 atom stereocenters. The molecule has 1 aliphatic carbocycles. The van der Waals surface area contributed by atoms with Gasteiger partial charge in [-0.25, -0.2) is 0 Å². The highest BCUT2D eigenvalue weighted by atomic mass is 14.5. The van der Waals surface area contributed by atoms with Crippen molar-refractivity contribution in [2.45, 2.75) is 32.6 Å². The van der Waals surface area contributed by atoms with Crippen LogP contribution in [0.1, 0.15) is 30.9 Å². The molecule has 2 N–H and O–H groups in total. The van der Waals surface area contributed by atoms with Gasteiger partial charge in [0.05, 0.1) is 0 Å². The summed E-state index contributed by atoms with van der Waals surface area (Å²) in [4.78, 5) is 0. The summed E-state index contributed by atoms with van der Waals surface area (Å²) in [5.41, 5.74) is 9.67. The Bertz CT molecular complexity index is 304. The van der Waals surface area contributed by atoms with Crippen LogP contribution in [0.4, 0.5) is 5.69 Å². The first kappa shape index (κ1) is 8.61. The lowest BCUT2D eigenvalue weighted by molar-refractivity contribution is 0.510. The average Bonchev–Trinajstić information content (AvgIpc) is 2.29. The summed E-state index contributed by atoms with van der Waals surface area (Å²) in [6.45, 7) is 2.34. The SMILES string of the molecule is CC1CCc2ccc(N)cc2CC1. The average molecular weight is 175 g/mol. The summed E-state index contributed by atoms with van der Waals surface area (Å²) in [5.74, 6) is 0.869. The number of anilines is 1. The molecule has 0 heterocycles. The predicted octanol–water partition coefficient (Wildman–Crippen LogP) is 2.78. The summed E-state index contributed by atoms with van der Waals surface area (Å²) in [6.07, 6.45) is 5.09. The molecule has 0 saturated heterocycles. The van der Waals surface area contributed by atoms with E-state index in [0.29, 0.717) is 0 Å². The number of nitrogens with two attached hydrogens (primary N) is 1. The second-order valence-electron chi connectivity index (χ2n) is 4.21. The van der Waals surface area contributed by atoms with Crippen LogP contribution in [0.5, 0.6) is 0 Å². The van der Waals surface area contributed by atoms with E-state index in [1.165, 1.54) is 36.8 Å². The van der Waals surface area contributed by atoms with Gasteiger partial charge < -0.3 is 5.73 Å². The summed E-state index contributed by atoms with van der Waals surface area (Å²) in [6, 6.07) is 6.37. The van der Waals surface area contributed by atoms with E-state index in [1.54, 1.807) is 0 Å². The third-order valence-corrected chi connectivity index (χ3v) is 3.04. The molecule has 70 valence electrons. The van der Waals surface area contributed by atoms with Crippen molar-refractivity contribution in [3.05, 3.63) is 29.3 Å². The number of nitrogen functional groups attached to an aromatic ring is 1. The molecule has 1 heteroatoms. The maximum absolute atomic E-state index is 5.77. The van der Waals surface area contributed by atoms with Crippen molar-refractivity contribution >= 4 is 5.69 Å². The number of hydrogen-bond acceptors (Lipinski definition) is 1. The van der Waals surface area contributed by atoms with Crippen molar-refractivity contribution < 1.29 is 0 Å². The molecule has 0 aliphatic heterocycles. The minimum atomic E-state index is 0.869. The summed E-state index contributed by atoms with van der Waals surface area (Å²) < 4.78 is 0. The van der Waals surface area contributed by atoms with Crippen molar-refractivity contribution in [3.8, 4) is 0 Å². The third kappa shape index (κ3) is 1.85.